The van der Waals surface area contributed by atoms with Gasteiger partial charge < -0.3 is 15.1 Å². The highest BCUT2D eigenvalue weighted by atomic mass is 31.2. The summed E-state index contributed by atoms with van der Waals surface area (Å²) < 4.78 is 10.3. The van der Waals surface area contributed by atoms with E-state index in [1.807, 2.05) is 0 Å². The van der Waals surface area contributed by atoms with Crippen LogP contribution in [0.5, 0.6) is 0 Å². The summed E-state index contributed by atoms with van der Waals surface area (Å²) in [5, 5.41) is 2.44. The van der Waals surface area contributed by atoms with Crippen molar-refractivity contribution in [3.63, 3.8) is 0 Å². The van der Waals surface area contributed by atoms with Crippen LogP contribution in [0.25, 0.3) is 0 Å². The largest absolute Gasteiger partial charge is 0.356 e. The van der Waals surface area contributed by atoms with Crippen LogP contribution in [0.15, 0.2) is 0 Å². The molecule has 3 N–H and O–H groups in total. The second kappa shape index (κ2) is 4.49. The van der Waals surface area contributed by atoms with Crippen LogP contribution in [0.3, 0.4) is 0 Å². The number of nitrogens with one attached hydrogen (secondary N) is 1. The molecule has 0 aliphatic rings. The summed E-state index contributed by atoms with van der Waals surface area (Å²) in [6.45, 7) is 2.23. The smallest absolute Gasteiger partial charge is 0.326 e. The molecule has 5 nitrogen and oxygen atoms in total. The fourth-order valence-corrected chi connectivity index (χ4v) is 1.03. The van der Waals surface area contributed by atoms with Crippen LogP contribution in [0, 0.1) is 0 Å². The first kappa shape index (κ1) is 10.6. The van der Waals surface area contributed by atoms with Gasteiger partial charge >= 0.3 is 7.60 Å². The molecule has 0 fully saturated rings. The SMILES string of the molecule is CCNC(=O)CCP(=O)(O)O. The lowest BCUT2D eigenvalue weighted by Crippen LogP contribution is -2.23. The van der Waals surface area contributed by atoms with Crippen molar-refractivity contribution < 1.29 is 19.1 Å². The molecule has 0 atom stereocenters. The normalized spacial score (nSPS) is 11.2. The Labute approximate surface area is 65.0 Å². The Morgan fingerprint density at radius 1 is 1.55 bits per heavy atom. The van der Waals surface area contributed by atoms with E-state index in [1.54, 1.807) is 6.92 Å². The van der Waals surface area contributed by atoms with Gasteiger partial charge in [-0.1, -0.05) is 0 Å². The molecule has 0 saturated carbocycles. The topological polar surface area (TPSA) is 86.6 Å². The summed E-state index contributed by atoms with van der Waals surface area (Å²) in [6, 6.07) is 0. The van der Waals surface area contributed by atoms with Crippen LogP contribution >= 0.6 is 7.60 Å². The molecule has 0 radical (unpaired) electrons. The van der Waals surface area contributed by atoms with E-state index in [9.17, 15) is 9.36 Å². The Morgan fingerprint density at radius 2 is 2.09 bits per heavy atom. The molecular weight excluding hydrogens is 169 g/mol. The summed E-state index contributed by atoms with van der Waals surface area (Å²) in [4.78, 5) is 27.4. The predicted octanol–water partition coefficient (Wildman–Crippen LogP) is -0.310. The molecule has 0 spiro atoms. The molecule has 0 aromatic heterocycles. The van der Waals surface area contributed by atoms with Crippen molar-refractivity contribution in [1.29, 1.82) is 0 Å². The molecular formula is C5H12NO4P. The minimum atomic E-state index is -4.00. The standard InChI is InChI=1S/C5H12NO4P/c1-2-6-5(7)3-4-11(8,9)10/h2-4H2,1H3,(H,6,7)(H2,8,9,10). The molecule has 0 rings (SSSR count). The van der Waals surface area contributed by atoms with Crippen LogP contribution in [-0.2, 0) is 9.36 Å². The minimum Gasteiger partial charge on any atom is -0.356 e. The quantitative estimate of drug-likeness (QED) is 0.519. The molecule has 6 heteroatoms. The fourth-order valence-electron chi connectivity index (χ4n) is 0.533. The first-order valence-electron chi connectivity index (χ1n) is 3.27. The summed E-state index contributed by atoms with van der Waals surface area (Å²) in [6.07, 6.45) is -0.489. The average molecular weight is 181 g/mol. The molecule has 11 heavy (non-hydrogen) atoms. The van der Waals surface area contributed by atoms with Crippen molar-refractivity contribution in [3.8, 4) is 0 Å². The zero-order valence-electron chi connectivity index (χ0n) is 6.28. The highest BCUT2D eigenvalue weighted by Gasteiger charge is 2.14. The lowest BCUT2D eigenvalue weighted by molar-refractivity contribution is -0.120. The van der Waals surface area contributed by atoms with Crippen molar-refractivity contribution in [1.82, 2.24) is 5.32 Å². The zero-order chi connectivity index (χ0) is 8.91. The van der Waals surface area contributed by atoms with Crippen LogP contribution < -0.4 is 5.32 Å². The van der Waals surface area contributed by atoms with Gasteiger partial charge in [-0.25, -0.2) is 0 Å². The van der Waals surface area contributed by atoms with Crippen LogP contribution in [-0.4, -0.2) is 28.4 Å². The number of rotatable bonds is 4. The molecule has 1 amide bonds. The van der Waals surface area contributed by atoms with E-state index in [2.05, 4.69) is 5.32 Å². The maximum atomic E-state index is 10.6. The summed E-state index contributed by atoms with van der Waals surface area (Å²) >= 11 is 0. The van der Waals surface area contributed by atoms with Crippen LogP contribution in [0.2, 0.25) is 0 Å². The predicted molar refractivity (Wildman–Crippen MR) is 40.2 cm³/mol. The first-order chi connectivity index (χ1) is 4.95. The third-order valence-electron chi connectivity index (χ3n) is 1.00. The van der Waals surface area contributed by atoms with Gasteiger partial charge in [-0.05, 0) is 6.92 Å². The lowest BCUT2D eigenvalue weighted by atomic mass is 10.4. The van der Waals surface area contributed by atoms with Crippen molar-refractivity contribution in [3.05, 3.63) is 0 Å². The van der Waals surface area contributed by atoms with Gasteiger partial charge in [-0.2, -0.15) is 0 Å². The summed E-state index contributed by atoms with van der Waals surface area (Å²) in [5.41, 5.74) is 0. The van der Waals surface area contributed by atoms with Gasteiger partial charge in [0.15, 0.2) is 0 Å². The van der Waals surface area contributed by atoms with Gasteiger partial charge in [0.05, 0.1) is 6.16 Å². The van der Waals surface area contributed by atoms with Gasteiger partial charge in [-0.15, -0.1) is 0 Å². The molecule has 0 aromatic rings. The Hall–Kier alpha value is -0.380. The van der Waals surface area contributed by atoms with Crippen LogP contribution in [0.1, 0.15) is 13.3 Å². The Balaban J connectivity index is 3.55. The van der Waals surface area contributed by atoms with Gasteiger partial charge in [0.1, 0.15) is 0 Å². The second-order valence-electron chi connectivity index (χ2n) is 2.09. The average Bonchev–Trinajstić information content (AvgIpc) is 1.83. The number of hydrogen-bond acceptors (Lipinski definition) is 2. The molecule has 0 aromatic carbocycles. The molecule has 0 aliphatic heterocycles. The number of amides is 1. The van der Waals surface area contributed by atoms with E-state index in [0.29, 0.717) is 6.54 Å². The number of carbonyl (C=O) groups excluding carboxylic acids is 1. The maximum absolute atomic E-state index is 10.6. The van der Waals surface area contributed by atoms with E-state index in [0.717, 1.165) is 0 Å². The van der Waals surface area contributed by atoms with E-state index in [-0.39, 0.29) is 18.5 Å². The Kier molecular flexibility index (Phi) is 4.33. The molecule has 66 valence electrons. The highest BCUT2D eigenvalue weighted by Crippen LogP contribution is 2.34. The number of hydrogen-bond donors (Lipinski definition) is 3. The van der Waals surface area contributed by atoms with Crippen molar-refractivity contribution >= 4 is 13.5 Å². The first-order valence-corrected chi connectivity index (χ1v) is 5.06. The Bertz CT molecular complexity index is 175. The van der Waals surface area contributed by atoms with Gasteiger partial charge in [-0.3, -0.25) is 9.36 Å². The third kappa shape index (κ3) is 7.52. The van der Waals surface area contributed by atoms with Crippen LogP contribution in [0.4, 0.5) is 0 Å². The Morgan fingerprint density at radius 3 is 2.45 bits per heavy atom. The van der Waals surface area contributed by atoms with Gasteiger partial charge in [0.2, 0.25) is 5.91 Å². The summed E-state index contributed by atoms with van der Waals surface area (Å²) in [5.74, 6) is -0.323. The highest BCUT2D eigenvalue weighted by molar-refractivity contribution is 7.51. The van der Waals surface area contributed by atoms with Crippen molar-refractivity contribution in [2.45, 2.75) is 13.3 Å². The molecule has 0 saturated heterocycles. The van der Waals surface area contributed by atoms with E-state index >= 15 is 0 Å². The molecule has 0 bridgehead atoms. The molecule has 0 aliphatic carbocycles. The maximum Gasteiger partial charge on any atom is 0.326 e. The van der Waals surface area contributed by atoms with Crippen molar-refractivity contribution in [2.24, 2.45) is 0 Å². The van der Waals surface area contributed by atoms with Crippen molar-refractivity contribution in [2.75, 3.05) is 12.7 Å². The van der Waals surface area contributed by atoms with Gasteiger partial charge in [0.25, 0.3) is 0 Å². The van der Waals surface area contributed by atoms with E-state index in [4.69, 9.17) is 9.79 Å². The lowest BCUT2D eigenvalue weighted by Gasteiger charge is -2.02. The van der Waals surface area contributed by atoms with E-state index in [1.165, 1.54) is 0 Å². The monoisotopic (exact) mass is 181 g/mol. The molecule has 0 unspecified atom stereocenters. The number of carbonyl (C=O) groups is 1. The fraction of sp³-hybridized carbons (Fsp3) is 0.800. The van der Waals surface area contributed by atoms with Gasteiger partial charge in [0, 0.05) is 13.0 Å². The zero-order valence-corrected chi connectivity index (χ0v) is 7.17. The minimum absolute atomic E-state index is 0.113. The van der Waals surface area contributed by atoms with E-state index < -0.39 is 7.60 Å². The second-order valence-corrected chi connectivity index (χ2v) is 3.87. The summed E-state index contributed by atoms with van der Waals surface area (Å²) in [7, 11) is -4.00. The third-order valence-corrected chi connectivity index (χ3v) is 1.81. The molecule has 0 heterocycles.